The first-order valence-corrected chi connectivity index (χ1v) is 7.29. The third kappa shape index (κ3) is 5.99. The first-order chi connectivity index (χ1) is 11.1. The summed E-state index contributed by atoms with van der Waals surface area (Å²) in [5, 5.41) is 0. The zero-order valence-electron chi connectivity index (χ0n) is 13.5. The zero-order chi connectivity index (χ0) is 16.7. The van der Waals surface area contributed by atoms with Crippen molar-refractivity contribution in [1.29, 1.82) is 0 Å². The van der Waals surface area contributed by atoms with Crippen molar-refractivity contribution in [2.24, 2.45) is 0 Å². The molecular formula is C20H18FeO3-6. The number of hydrogen-bond acceptors (Lipinski definition) is 3. The Hall–Kier alpha value is -2.42. The maximum absolute atomic E-state index is 10.7. The maximum Gasteiger partial charge on any atom is 0.307 e. The van der Waals surface area contributed by atoms with E-state index in [2.05, 4.69) is 0 Å². The van der Waals surface area contributed by atoms with E-state index in [1.165, 1.54) is 12.5 Å². The Morgan fingerprint density at radius 2 is 1.50 bits per heavy atom. The van der Waals surface area contributed by atoms with E-state index in [1.54, 1.807) is 19.1 Å². The summed E-state index contributed by atoms with van der Waals surface area (Å²) in [6, 6.07) is 22.9. The molecule has 0 unspecified atom stereocenters. The van der Waals surface area contributed by atoms with Gasteiger partial charge in [-0.05, 0) is 0 Å². The second-order valence-electron chi connectivity index (χ2n) is 5.02. The number of carbonyl (C=O) groups is 2. The molecule has 0 spiro atoms. The van der Waals surface area contributed by atoms with Gasteiger partial charge < -0.3 is 39.4 Å². The first-order valence-electron chi connectivity index (χ1n) is 7.29. The molecule has 0 fully saturated rings. The summed E-state index contributed by atoms with van der Waals surface area (Å²) in [4.78, 5) is 21.2. The van der Waals surface area contributed by atoms with Crippen molar-refractivity contribution in [3.63, 3.8) is 0 Å². The SMILES string of the molecule is CC(=O)Oc1ccc(-[c-]2cccc2)cc1.CC(=O)[c-]1[cH-][cH-][cH-][cH-]1.[Fe]. The topological polar surface area (TPSA) is 43.4 Å². The summed E-state index contributed by atoms with van der Waals surface area (Å²) in [6.07, 6.45) is 0. The fraction of sp³-hybridized carbons (Fsp3) is 0.100. The van der Waals surface area contributed by atoms with Crippen molar-refractivity contribution in [1.82, 2.24) is 0 Å². The molecule has 0 aliphatic heterocycles. The monoisotopic (exact) mass is 362 g/mol. The van der Waals surface area contributed by atoms with Gasteiger partial charge in [0.25, 0.3) is 0 Å². The molecule has 0 amide bonds. The van der Waals surface area contributed by atoms with E-state index in [4.69, 9.17) is 4.74 Å². The van der Waals surface area contributed by atoms with Crippen molar-refractivity contribution in [2.45, 2.75) is 13.8 Å². The van der Waals surface area contributed by atoms with Crippen LogP contribution in [0.5, 0.6) is 5.75 Å². The Morgan fingerprint density at radius 3 is 1.92 bits per heavy atom. The smallest absolute Gasteiger partial charge is 0.307 e. The third-order valence-electron chi connectivity index (χ3n) is 3.18. The number of rotatable bonds is 3. The number of ether oxygens (including phenoxy) is 1. The largest absolute Gasteiger partial charge is 0.718 e. The van der Waals surface area contributed by atoms with Gasteiger partial charge in [-0.25, -0.2) is 0 Å². The van der Waals surface area contributed by atoms with Crippen LogP contribution in [0.3, 0.4) is 0 Å². The molecule has 0 bridgehead atoms. The van der Waals surface area contributed by atoms with Crippen LogP contribution in [0.15, 0.2) is 72.8 Å². The average molecular weight is 362 g/mol. The molecule has 0 saturated carbocycles. The van der Waals surface area contributed by atoms with Crippen molar-refractivity contribution < 1.29 is 31.4 Å². The summed E-state index contributed by atoms with van der Waals surface area (Å²) in [5.74, 6) is 0.420. The molecule has 130 valence electrons. The number of esters is 1. The van der Waals surface area contributed by atoms with Gasteiger partial charge in [-0.3, -0.25) is 10.6 Å². The van der Waals surface area contributed by atoms with Crippen molar-refractivity contribution in [3.8, 4) is 16.9 Å². The molecule has 4 heteroatoms. The molecule has 0 aromatic heterocycles. The van der Waals surface area contributed by atoms with Crippen LogP contribution in [0.2, 0.25) is 0 Å². The summed E-state index contributed by atoms with van der Waals surface area (Å²) < 4.78 is 4.95. The number of carbonyl (C=O) groups excluding carboxylic acids is 2. The maximum atomic E-state index is 10.7. The Kier molecular flexibility index (Phi) is 7.90. The van der Waals surface area contributed by atoms with E-state index in [0.717, 1.165) is 11.1 Å². The minimum Gasteiger partial charge on any atom is -0.718 e. The van der Waals surface area contributed by atoms with Crippen LogP contribution < -0.4 is 4.74 Å². The summed E-state index contributed by atoms with van der Waals surface area (Å²) in [5.41, 5.74) is 3.09. The number of ketones is 1. The van der Waals surface area contributed by atoms with Gasteiger partial charge in [0.2, 0.25) is 0 Å². The van der Waals surface area contributed by atoms with Gasteiger partial charge in [0, 0.05) is 24.0 Å². The first kappa shape index (κ1) is 19.6. The number of Topliss-reactive ketones (excluding diaryl/α,β-unsaturated/α-hetero) is 1. The van der Waals surface area contributed by atoms with E-state index >= 15 is 0 Å². The van der Waals surface area contributed by atoms with E-state index in [1.807, 2.05) is 60.7 Å². The van der Waals surface area contributed by atoms with E-state index in [-0.39, 0.29) is 28.8 Å². The standard InChI is InChI=1S/C13H11O2.C7H7O.Fe/c1-10(14)15-13-8-6-12(7-9-13)11-4-2-3-5-11;1-6(8)7-4-2-3-5-7;/h2-9H,1H3;2-5H,1H3;/q-1;-5;. The van der Waals surface area contributed by atoms with Gasteiger partial charge in [0.1, 0.15) is 5.75 Å². The fourth-order valence-electron chi connectivity index (χ4n) is 2.06. The average Bonchev–Trinajstić information content (AvgIpc) is 3.22. The summed E-state index contributed by atoms with van der Waals surface area (Å²) in [7, 11) is 0. The van der Waals surface area contributed by atoms with Gasteiger partial charge in [-0.1, -0.05) is 17.7 Å². The predicted octanol–water partition coefficient (Wildman–Crippen LogP) is 4.60. The van der Waals surface area contributed by atoms with Crippen molar-refractivity contribution in [3.05, 3.63) is 78.4 Å². The molecule has 0 aliphatic rings. The number of benzene rings is 1. The molecule has 0 aliphatic carbocycles. The molecule has 24 heavy (non-hydrogen) atoms. The van der Waals surface area contributed by atoms with Gasteiger partial charge in [0.15, 0.2) is 0 Å². The van der Waals surface area contributed by atoms with Gasteiger partial charge in [-0.2, -0.15) is 12.1 Å². The fourth-order valence-corrected chi connectivity index (χ4v) is 2.06. The minimum absolute atomic E-state index is 0. The van der Waals surface area contributed by atoms with Crippen molar-refractivity contribution in [2.75, 3.05) is 0 Å². The molecule has 3 nitrogen and oxygen atoms in total. The molecule has 3 aromatic rings. The Labute approximate surface area is 152 Å². The Balaban J connectivity index is 0.000000273. The van der Waals surface area contributed by atoms with Crippen LogP contribution in [0, 0.1) is 0 Å². The molecule has 0 N–H and O–H groups in total. The van der Waals surface area contributed by atoms with Gasteiger partial charge in [0.05, 0.1) is 0 Å². The van der Waals surface area contributed by atoms with Gasteiger partial charge in [-0.15, -0.1) is 36.8 Å². The Bertz CT molecular complexity index is 739. The van der Waals surface area contributed by atoms with E-state index in [0.29, 0.717) is 5.75 Å². The molecule has 0 atom stereocenters. The van der Waals surface area contributed by atoms with Crippen molar-refractivity contribution >= 4 is 11.8 Å². The van der Waals surface area contributed by atoms with Crippen LogP contribution in [-0.2, 0) is 21.9 Å². The molecule has 3 rings (SSSR count). The van der Waals surface area contributed by atoms with E-state index in [9.17, 15) is 9.59 Å². The second kappa shape index (κ2) is 9.66. The molecule has 0 radical (unpaired) electrons. The molecule has 3 aromatic carbocycles. The third-order valence-corrected chi connectivity index (χ3v) is 3.18. The summed E-state index contributed by atoms with van der Waals surface area (Å²) in [6.45, 7) is 2.96. The zero-order valence-corrected chi connectivity index (χ0v) is 14.6. The van der Waals surface area contributed by atoms with Gasteiger partial charge >= 0.3 is 5.97 Å². The quantitative estimate of drug-likeness (QED) is 0.225. The summed E-state index contributed by atoms with van der Waals surface area (Å²) >= 11 is 0. The minimum atomic E-state index is -0.295. The Morgan fingerprint density at radius 1 is 0.958 bits per heavy atom. The van der Waals surface area contributed by atoms with Crippen LogP contribution >= 0.6 is 0 Å². The second-order valence-corrected chi connectivity index (χ2v) is 5.02. The predicted molar refractivity (Wildman–Crippen MR) is 90.8 cm³/mol. The van der Waals surface area contributed by atoms with Crippen LogP contribution in [-0.4, -0.2) is 11.8 Å². The molecule has 0 saturated heterocycles. The molecular weight excluding hydrogens is 344 g/mol. The molecule has 0 heterocycles. The normalized spacial score (nSPS) is 9.25. The van der Waals surface area contributed by atoms with E-state index < -0.39 is 0 Å². The van der Waals surface area contributed by atoms with Crippen LogP contribution in [0.4, 0.5) is 0 Å². The van der Waals surface area contributed by atoms with Crippen LogP contribution in [0.25, 0.3) is 11.1 Å². The number of hydrogen-bond donors (Lipinski definition) is 0. The van der Waals surface area contributed by atoms with Crippen LogP contribution in [0.1, 0.15) is 24.2 Å².